The number of benzene rings is 2. The van der Waals surface area contributed by atoms with Crippen molar-refractivity contribution < 1.29 is 4.74 Å². The van der Waals surface area contributed by atoms with E-state index in [2.05, 4.69) is 17.2 Å². The Labute approximate surface area is 123 Å². The molecule has 1 aromatic heterocycles. The summed E-state index contributed by atoms with van der Waals surface area (Å²) in [5.41, 5.74) is 9.26. The first-order chi connectivity index (χ1) is 10.3. The minimum Gasteiger partial charge on any atom is -0.496 e. The second kappa shape index (κ2) is 5.71. The third-order valence-electron chi connectivity index (χ3n) is 3.45. The van der Waals surface area contributed by atoms with E-state index in [0.29, 0.717) is 12.4 Å². The number of methoxy groups -OCH3 is 1. The highest BCUT2D eigenvalue weighted by atomic mass is 16.5. The quantitative estimate of drug-likeness (QED) is 0.798. The van der Waals surface area contributed by atoms with E-state index >= 15 is 0 Å². The first-order valence-electron chi connectivity index (χ1n) is 6.78. The zero-order valence-electron chi connectivity index (χ0n) is 11.9. The summed E-state index contributed by atoms with van der Waals surface area (Å²) in [5.74, 6) is 1.44. The van der Waals surface area contributed by atoms with Crippen molar-refractivity contribution in [2.75, 3.05) is 12.8 Å². The molecule has 0 aliphatic rings. The molecule has 0 saturated heterocycles. The smallest absolute Gasteiger partial charge is 0.130 e. The Morgan fingerprint density at radius 3 is 2.48 bits per heavy atom. The Morgan fingerprint density at radius 2 is 1.71 bits per heavy atom. The van der Waals surface area contributed by atoms with Gasteiger partial charge in [-0.05, 0) is 11.6 Å². The summed E-state index contributed by atoms with van der Waals surface area (Å²) in [6.45, 7) is 0.655. The van der Waals surface area contributed by atoms with Crippen molar-refractivity contribution in [1.82, 2.24) is 9.78 Å². The highest BCUT2D eigenvalue weighted by Crippen LogP contribution is 2.33. The van der Waals surface area contributed by atoms with Crippen LogP contribution in [0.25, 0.3) is 11.1 Å². The van der Waals surface area contributed by atoms with Crippen LogP contribution in [0.3, 0.4) is 0 Å². The molecule has 0 aliphatic heterocycles. The number of nitrogens with zero attached hydrogens (tertiary/aromatic N) is 2. The molecule has 0 saturated carbocycles. The van der Waals surface area contributed by atoms with Gasteiger partial charge in [0.05, 0.1) is 19.9 Å². The van der Waals surface area contributed by atoms with Gasteiger partial charge in [-0.3, -0.25) is 0 Å². The maximum absolute atomic E-state index is 6.25. The van der Waals surface area contributed by atoms with Crippen LogP contribution in [0.4, 0.5) is 5.82 Å². The molecule has 0 spiro atoms. The molecule has 2 N–H and O–H groups in total. The average molecular weight is 279 g/mol. The molecule has 2 aromatic carbocycles. The normalized spacial score (nSPS) is 10.5. The van der Waals surface area contributed by atoms with Crippen LogP contribution in [0, 0.1) is 0 Å². The summed E-state index contributed by atoms with van der Waals surface area (Å²) < 4.78 is 7.19. The van der Waals surface area contributed by atoms with Gasteiger partial charge in [-0.25, -0.2) is 4.68 Å². The Kier molecular flexibility index (Phi) is 3.60. The van der Waals surface area contributed by atoms with Crippen molar-refractivity contribution in [2.45, 2.75) is 6.54 Å². The lowest BCUT2D eigenvalue weighted by atomic mass is 10.1. The molecule has 0 aliphatic carbocycles. The molecule has 3 rings (SSSR count). The lowest BCUT2D eigenvalue weighted by Crippen LogP contribution is -2.06. The Hall–Kier alpha value is -2.75. The standard InChI is InChI=1S/C17H17N3O/c1-21-16-10-6-5-9-14(16)15-11-19-20(17(15)18)12-13-7-3-2-4-8-13/h2-11H,12,18H2,1H3. The van der Waals surface area contributed by atoms with Crippen molar-refractivity contribution in [1.29, 1.82) is 0 Å². The first kappa shape index (κ1) is 13.2. The largest absolute Gasteiger partial charge is 0.496 e. The van der Waals surface area contributed by atoms with Crippen molar-refractivity contribution in [3.8, 4) is 16.9 Å². The number of rotatable bonds is 4. The minimum absolute atomic E-state index is 0.642. The Bertz CT molecular complexity index is 735. The maximum atomic E-state index is 6.25. The van der Waals surface area contributed by atoms with Crippen LogP contribution in [0.5, 0.6) is 5.75 Å². The molecule has 0 unspecified atom stereocenters. The van der Waals surface area contributed by atoms with E-state index in [-0.39, 0.29) is 0 Å². The molecule has 0 fully saturated rings. The van der Waals surface area contributed by atoms with Gasteiger partial charge in [0.1, 0.15) is 11.6 Å². The minimum atomic E-state index is 0.642. The number of nitrogens with two attached hydrogens (primary N) is 1. The number of aromatic nitrogens is 2. The monoisotopic (exact) mass is 279 g/mol. The molecule has 0 atom stereocenters. The van der Waals surface area contributed by atoms with Gasteiger partial charge in [-0.2, -0.15) is 5.10 Å². The van der Waals surface area contributed by atoms with Crippen LogP contribution in [-0.4, -0.2) is 16.9 Å². The van der Waals surface area contributed by atoms with Gasteiger partial charge >= 0.3 is 0 Å². The molecule has 21 heavy (non-hydrogen) atoms. The predicted octanol–water partition coefficient (Wildman–Crippen LogP) is 3.19. The molecule has 3 aromatic rings. The topological polar surface area (TPSA) is 53.1 Å². The van der Waals surface area contributed by atoms with Crippen LogP contribution in [0.1, 0.15) is 5.56 Å². The van der Waals surface area contributed by atoms with Gasteiger partial charge in [0.2, 0.25) is 0 Å². The van der Waals surface area contributed by atoms with E-state index in [0.717, 1.165) is 16.9 Å². The van der Waals surface area contributed by atoms with Crippen LogP contribution >= 0.6 is 0 Å². The number of para-hydroxylation sites is 1. The second-order valence-electron chi connectivity index (χ2n) is 4.79. The van der Waals surface area contributed by atoms with Crippen molar-refractivity contribution in [3.63, 3.8) is 0 Å². The van der Waals surface area contributed by atoms with Crippen LogP contribution in [0.15, 0.2) is 60.8 Å². The maximum Gasteiger partial charge on any atom is 0.130 e. The summed E-state index contributed by atoms with van der Waals surface area (Å²) in [7, 11) is 1.66. The van der Waals surface area contributed by atoms with E-state index in [1.54, 1.807) is 18.0 Å². The molecule has 0 radical (unpaired) electrons. The summed E-state index contributed by atoms with van der Waals surface area (Å²) in [6.07, 6.45) is 1.79. The zero-order chi connectivity index (χ0) is 14.7. The molecule has 0 amide bonds. The van der Waals surface area contributed by atoms with Crippen molar-refractivity contribution in [2.24, 2.45) is 0 Å². The SMILES string of the molecule is COc1ccccc1-c1cnn(Cc2ccccc2)c1N. The average Bonchev–Trinajstić information content (AvgIpc) is 2.89. The lowest BCUT2D eigenvalue weighted by Gasteiger charge is -2.08. The van der Waals surface area contributed by atoms with E-state index in [4.69, 9.17) is 10.5 Å². The van der Waals surface area contributed by atoms with Gasteiger partial charge < -0.3 is 10.5 Å². The zero-order valence-corrected chi connectivity index (χ0v) is 11.9. The summed E-state index contributed by atoms with van der Waals surface area (Å²) >= 11 is 0. The molecule has 106 valence electrons. The number of ether oxygens (including phenoxy) is 1. The van der Waals surface area contributed by atoms with Gasteiger partial charge in [0.25, 0.3) is 0 Å². The number of hydrogen-bond donors (Lipinski definition) is 1. The number of hydrogen-bond acceptors (Lipinski definition) is 3. The summed E-state index contributed by atoms with van der Waals surface area (Å²) in [5, 5.41) is 4.40. The Morgan fingerprint density at radius 1 is 1.00 bits per heavy atom. The first-order valence-corrected chi connectivity index (χ1v) is 6.78. The van der Waals surface area contributed by atoms with Crippen molar-refractivity contribution in [3.05, 3.63) is 66.4 Å². The van der Waals surface area contributed by atoms with Gasteiger partial charge in [0, 0.05) is 11.1 Å². The Balaban J connectivity index is 1.96. The fraction of sp³-hybridized carbons (Fsp3) is 0.118. The van der Waals surface area contributed by atoms with Crippen LogP contribution in [-0.2, 0) is 6.54 Å². The molecular formula is C17H17N3O. The molecule has 4 heteroatoms. The van der Waals surface area contributed by atoms with E-state index in [9.17, 15) is 0 Å². The number of anilines is 1. The van der Waals surface area contributed by atoms with Crippen LogP contribution in [0.2, 0.25) is 0 Å². The van der Waals surface area contributed by atoms with Crippen LogP contribution < -0.4 is 10.5 Å². The number of nitrogen functional groups attached to an aromatic ring is 1. The predicted molar refractivity (Wildman–Crippen MR) is 84.2 cm³/mol. The molecule has 0 bridgehead atoms. The molecule has 1 heterocycles. The highest BCUT2D eigenvalue weighted by Gasteiger charge is 2.13. The third-order valence-corrected chi connectivity index (χ3v) is 3.45. The van der Waals surface area contributed by atoms with Crippen molar-refractivity contribution >= 4 is 5.82 Å². The summed E-state index contributed by atoms with van der Waals surface area (Å²) in [4.78, 5) is 0. The lowest BCUT2D eigenvalue weighted by molar-refractivity contribution is 0.416. The fourth-order valence-corrected chi connectivity index (χ4v) is 2.35. The van der Waals surface area contributed by atoms with E-state index in [1.165, 1.54) is 5.56 Å². The van der Waals surface area contributed by atoms with Gasteiger partial charge in [0.15, 0.2) is 0 Å². The van der Waals surface area contributed by atoms with Gasteiger partial charge in [-0.1, -0.05) is 48.5 Å². The van der Waals surface area contributed by atoms with Gasteiger partial charge in [-0.15, -0.1) is 0 Å². The summed E-state index contributed by atoms with van der Waals surface area (Å²) in [6, 6.07) is 17.9. The molecular weight excluding hydrogens is 262 g/mol. The highest BCUT2D eigenvalue weighted by molar-refractivity contribution is 5.78. The second-order valence-corrected chi connectivity index (χ2v) is 4.79. The fourth-order valence-electron chi connectivity index (χ4n) is 2.35. The third kappa shape index (κ3) is 2.60. The molecule has 4 nitrogen and oxygen atoms in total. The van der Waals surface area contributed by atoms with E-state index in [1.807, 2.05) is 42.5 Å². The van der Waals surface area contributed by atoms with E-state index < -0.39 is 0 Å².